The highest BCUT2D eigenvalue weighted by Gasteiger charge is 2.49. The summed E-state index contributed by atoms with van der Waals surface area (Å²) >= 11 is 0. The molecule has 3 heteroatoms. The Hall–Kier alpha value is -0.380. The standard InChI is InChI=1S/C20H35NO2/c1-19(2)15(11-21)9-13-8-14(4-5-18(13)19)20(3)7-6-17(23)10-16(20)12-22/h14-17,22-23H,4-12,21H2,1-3H3/t14?,15?,16-,17-,20-/m1/s1. The number of nitrogens with two attached hydrogens (primary N) is 1. The lowest BCUT2D eigenvalue weighted by atomic mass is 9.56. The van der Waals surface area contributed by atoms with Crippen LogP contribution in [0, 0.1) is 28.6 Å². The Kier molecular flexibility index (Phi) is 4.67. The van der Waals surface area contributed by atoms with Gasteiger partial charge in [-0.3, -0.25) is 0 Å². The summed E-state index contributed by atoms with van der Waals surface area (Å²) in [5.41, 5.74) is 9.85. The van der Waals surface area contributed by atoms with Crippen molar-refractivity contribution in [2.45, 2.75) is 71.8 Å². The zero-order chi connectivity index (χ0) is 16.8. The second-order valence-electron chi connectivity index (χ2n) is 9.19. The maximum absolute atomic E-state index is 9.99. The van der Waals surface area contributed by atoms with Crippen molar-refractivity contribution in [1.29, 1.82) is 0 Å². The first-order valence-corrected chi connectivity index (χ1v) is 9.53. The molecule has 0 radical (unpaired) electrons. The van der Waals surface area contributed by atoms with Crippen LogP contribution in [-0.4, -0.2) is 29.5 Å². The zero-order valence-electron chi connectivity index (χ0n) is 15.1. The number of hydrogen-bond donors (Lipinski definition) is 3. The Balaban J connectivity index is 1.80. The molecule has 1 saturated carbocycles. The third-order valence-corrected chi connectivity index (χ3v) is 7.90. The van der Waals surface area contributed by atoms with E-state index in [1.54, 1.807) is 11.1 Å². The van der Waals surface area contributed by atoms with Crippen molar-refractivity contribution in [3.05, 3.63) is 11.1 Å². The largest absolute Gasteiger partial charge is 0.396 e. The maximum Gasteiger partial charge on any atom is 0.0544 e. The van der Waals surface area contributed by atoms with Gasteiger partial charge in [-0.1, -0.05) is 31.9 Å². The quantitative estimate of drug-likeness (QED) is 0.699. The van der Waals surface area contributed by atoms with Gasteiger partial charge in [-0.05, 0) is 80.1 Å². The molecule has 0 aliphatic heterocycles. The molecule has 3 aliphatic rings. The van der Waals surface area contributed by atoms with Crippen LogP contribution in [0.25, 0.3) is 0 Å². The van der Waals surface area contributed by atoms with Gasteiger partial charge in [-0.25, -0.2) is 0 Å². The molecule has 0 bridgehead atoms. The summed E-state index contributed by atoms with van der Waals surface area (Å²) in [6.45, 7) is 8.13. The number of aliphatic hydroxyl groups excluding tert-OH is 2. The second kappa shape index (κ2) is 6.16. The molecule has 0 saturated heterocycles. The summed E-state index contributed by atoms with van der Waals surface area (Å²) in [5.74, 6) is 1.50. The van der Waals surface area contributed by atoms with E-state index in [1.165, 1.54) is 25.7 Å². The fourth-order valence-corrected chi connectivity index (χ4v) is 5.96. The summed E-state index contributed by atoms with van der Waals surface area (Å²) < 4.78 is 0. The highest BCUT2D eigenvalue weighted by molar-refractivity contribution is 5.32. The van der Waals surface area contributed by atoms with Crippen molar-refractivity contribution in [2.24, 2.45) is 34.3 Å². The predicted octanol–water partition coefficient (Wildman–Crippen LogP) is 3.25. The molecule has 23 heavy (non-hydrogen) atoms. The summed E-state index contributed by atoms with van der Waals surface area (Å²) in [7, 11) is 0. The van der Waals surface area contributed by atoms with E-state index in [-0.39, 0.29) is 29.5 Å². The monoisotopic (exact) mass is 321 g/mol. The molecule has 0 amide bonds. The van der Waals surface area contributed by atoms with Gasteiger partial charge in [0, 0.05) is 6.61 Å². The van der Waals surface area contributed by atoms with Gasteiger partial charge in [0.05, 0.1) is 6.10 Å². The summed E-state index contributed by atoms with van der Waals surface area (Å²) in [5, 5.41) is 19.9. The first-order valence-electron chi connectivity index (χ1n) is 9.53. The van der Waals surface area contributed by atoms with Crippen LogP contribution in [0.15, 0.2) is 11.1 Å². The van der Waals surface area contributed by atoms with Crippen LogP contribution in [0.5, 0.6) is 0 Å². The van der Waals surface area contributed by atoms with Crippen molar-refractivity contribution >= 4 is 0 Å². The Bertz CT molecular complexity index is 484. The van der Waals surface area contributed by atoms with Crippen LogP contribution in [0.2, 0.25) is 0 Å². The maximum atomic E-state index is 9.99. The number of allylic oxidation sites excluding steroid dienone is 2. The van der Waals surface area contributed by atoms with E-state index in [2.05, 4.69) is 20.8 Å². The van der Waals surface area contributed by atoms with Gasteiger partial charge in [-0.2, -0.15) is 0 Å². The van der Waals surface area contributed by atoms with E-state index in [0.29, 0.717) is 11.8 Å². The molecule has 0 spiro atoms. The summed E-state index contributed by atoms with van der Waals surface area (Å²) in [6, 6.07) is 0. The average Bonchev–Trinajstić information content (AvgIpc) is 2.79. The molecule has 0 aromatic carbocycles. The Labute approximate surface area is 141 Å². The smallest absolute Gasteiger partial charge is 0.0544 e. The van der Waals surface area contributed by atoms with Crippen LogP contribution in [-0.2, 0) is 0 Å². The normalized spacial score (nSPS) is 43.6. The van der Waals surface area contributed by atoms with Crippen LogP contribution in [0.3, 0.4) is 0 Å². The fraction of sp³-hybridized carbons (Fsp3) is 0.900. The van der Waals surface area contributed by atoms with Gasteiger partial charge < -0.3 is 15.9 Å². The van der Waals surface area contributed by atoms with Gasteiger partial charge >= 0.3 is 0 Å². The van der Waals surface area contributed by atoms with Gasteiger partial charge in [0.15, 0.2) is 0 Å². The number of hydrogen-bond acceptors (Lipinski definition) is 3. The highest BCUT2D eigenvalue weighted by Crippen LogP contribution is 2.58. The zero-order valence-corrected chi connectivity index (χ0v) is 15.1. The first kappa shape index (κ1) is 17.4. The minimum absolute atomic E-state index is 0.178. The Morgan fingerprint density at radius 2 is 1.87 bits per heavy atom. The molecule has 5 atom stereocenters. The third-order valence-electron chi connectivity index (χ3n) is 7.90. The first-order chi connectivity index (χ1) is 10.8. The lowest BCUT2D eigenvalue weighted by Gasteiger charge is -2.49. The SMILES string of the molecule is CC1(C)C2=C(CC1CN)CC([C@@]1(C)CC[C@@H](O)C[C@@H]1CO)CC2. The lowest BCUT2D eigenvalue weighted by molar-refractivity contribution is -0.0455. The average molecular weight is 322 g/mol. The fourth-order valence-electron chi connectivity index (χ4n) is 5.96. The van der Waals surface area contributed by atoms with E-state index in [0.717, 1.165) is 25.8 Å². The van der Waals surface area contributed by atoms with Gasteiger partial charge in [0.2, 0.25) is 0 Å². The van der Waals surface area contributed by atoms with Crippen LogP contribution in [0.1, 0.15) is 65.7 Å². The van der Waals surface area contributed by atoms with Crippen molar-refractivity contribution in [2.75, 3.05) is 13.2 Å². The van der Waals surface area contributed by atoms with Crippen LogP contribution < -0.4 is 5.73 Å². The Morgan fingerprint density at radius 3 is 2.52 bits per heavy atom. The van der Waals surface area contributed by atoms with E-state index >= 15 is 0 Å². The van der Waals surface area contributed by atoms with Crippen molar-refractivity contribution in [3.8, 4) is 0 Å². The third kappa shape index (κ3) is 2.79. The molecule has 0 aromatic rings. The van der Waals surface area contributed by atoms with Gasteiger partial charge in [0.1, 0.15) is 0 Å². The van der Waals surface area contributed by atoms with E-state index in [1.807, 2.05) is 0 Å². The van der Waals surface area contributed by atoms with E-state index in [9.17, 15) is 10.2 Å². The minimum Gasteiger partial charge on any atom is -0.396 e. The van der Waals surface area contributed by atoms with Crippen LogP contribution >= 0.6 is 0 Å². The molecular formula is C20H35NO2. The minimum atomic E-state index is -0.217. The van der Waals surface area contributed by atoms with Crippen molar-refractivity contribution in [3.63, 3.8) is 0 Å². The molecule has 3 aliphatic carbocycles. The van der Waals surface area contributed by atoms with Crippen molar-refractivity contribution < 1.29 is 10.2 Å². The van der Waals surface area contributed by atoms with E-state index < -0.39 is 0 Å². The molecular weight excluding hydrogens is 286 g/mol. The Morgan fingerprint density at radius 1 is 1.13 bits per heavy atom. The van der Waals surface area contributed by atoms with Gasteiger partial charge in [-0.15, -0.1) is 0 Å². The van der Waals surface area contributed by atoms with Crippen molar-refractivity contribution in [1.82, 2.24) is 0 Å². The predicted molar refractivity (Wildman–Crippen MR) is 93.9 cm³/mol. The molecule has 132 valence electrons. The molecule has 0 aromatic heterocycles. The second-order valence-corrected chi connectivity index (χ2v) is 9.19. The number of aliphatic hydroxyl groups is 2. The molecule has 3 rings (SSSR count). The highest BCUT2D eigenvalue weighted by atomic mass is 16.3. The molecule has 1 fully saturated rings. The lowest BCUT2D eigenvalue weighted by Crippen LogP contribution is -2.44. The molecule has 3 nitrogen and oxygen atoms in total. The number of rotatable bonds is 3. The molecule has 0 heterocycles. The van der Waals surface area contributed by atoms with Gasteiger partial charge in [0.25, 0.3) is 0 Å². The molecule has 2 unspecified atom stereocenters. The summed E-state index contributed by atoms with van der Waals surface area (Å²) in [4.78, 5) is 0. The van der Waals surface area contributed by atoms with E-state index in [4.69, 9.17) is 5.73 Å². The summed E-state index contributed by atoms with van der Waals surface area (Å²) in [6.07, 6.45) is 7.32. The van der Waals surface area contributed by atoms with Crippen LogP contribution in [0.4, 0.5) is 0 Å². The topological polar surface area (TPSA) is 66.5 Å². The molecule has 4 N–H and O–H groups in total.